The van der Waals surface area contributed by atoms with Crippen LogP contribution in [0.5, 0.6) is 5.75 Å². The fraction of sp³-hybridized carbons (Fsp3) is 0.188. The number of nitrogens with zero attached hydrogens (tertiary/aromatic N) is 1. The van der Waals surface area contributed by atoms with Gasteiger partial charge in [-0.05, 0) is 37.6 Å². The molecule has 0 aliphatic carbocycles. The van der Waals surface area contributed by atoms with Crippen molar-refractivity contribution in [2.24, 2.45) is 0 Å². The Bertz CT molecular complexity index is 749. The van der Waals surface area contributed by atoms with E-state index >= 15 is 0 Å². The molecule has 0 saturated carbocycles. The molecule has 0 fully saturated rings. The summed E-state index contributed by atoms with van der Waals surface area (Å²) >= 11 is 5.98. The largest absolute Gasteiger partial charge is 0.479 e. The minimum absolute atomic E-state index is 0.0270. The van der Waals surface area contributed by atoms with Crippen LogP contribution in [0.2, 0.25) is 5.02 Å². The third-order valence-electron chi connectivity index (χ3n) is 3.19. The lowest BCUT2D eigenvalue weighted by atomic mass is 10.1. The van der Waals surface area contributed by atoms with Gasteiger partial charge in [0.2, 0.25) is 0 Å². The first kappa shape index (κ1) is 16.8. The van der Waals surface area contributed by atoms with Crippen LogP contribution in [0.1, 0.15) is 12.5 Å². The highest BCUT2D eigenvalue weighted by atomic mass is 35.5. The zero-order valence-electron chi connectivity index (χ0n) is 12.6. The highest BCUT2D eigenvalue weighted by Crippen LogP contribution is 2.25. The van der Waals surface area contributed by atoms with Gasteiger partial charge in [0, 0.05) is 17.8 Å². The maximum absolute atomic E-state index is 12.2. The number of para-hydroxylation sites is 1. The number of non-ortho nitro benzene ring substituents is 1. The molecule has 7 heteroatoms. The number of halogens is 1. The summed E-state index contributed by atoms with van der Waals surface area (Å²) in [6.07, 6.45) is -0.774. The minimum Gasteiger partial charge on any atom is -0.479 e. The Morgan fingerprint density at radius 3 is 2.61 bits per heavy atom. The van der Waals surface area contributed by atoms with Crippen molar-refractivity contribution in [2.75, 3.05) is 5.32 Å². The molecule has 1 atom stereocenters. The van der Waals surface area contributed by atoms with Gasteiger partial charge < -0.3 is 10.1 Å². The van der Waals surface area contributed by atoms with Crippen LogP contribution in [0.25, 0.3) is 0 Å². The van der Waals surface area contributed by atoms with E-state index in [1.807, 2.05) is 0 Å². The molecular weight excluding hydrogens is 320 g/mol. The summed E-state index contributed by atoms with van der Waals surface area (Å²) in [5, 5.41) is 13.8. The van der Waals surface area contributed by atoms with Gasteiger partial charge >= 0.3 is 0 Å². The summed E-state index contributed by atoms with van der Waals surface area (Å²) in [5.74, 6) is 0.0408. The van der Waals surface area contributed by atoms with E-state index in [0.29, 0.717) is 22.0 Å². The second-order valence-corrected chi connectivity index (χ2v) is 5.34. The minimum atomic E-state index is -0.774. The summed E-state index contributed by atoms with van der Waals surface area (Å²) in [7, 11) is 0. The molecule has 2 aromatic rings. The highest BCUT2D eigenvalue weighted by Gasteiger charge is 2.17. The number of benzene rings is 2. The van der Waals surface area contributed by atoms with Crippen LogP contribution in [0.3, 0.4) is 0 Å². The van der Waals surface area contributed by atoms with Gasteiger partial charge in [-0.3, -0.25) is 14.9 Å². The van der Waals surface area contributed by atoms with Crippen LogP contribution >= 0.6 is 11.6 Å². The zero-order chi connectivity index (χ0) is 17.0. The number of anilines is 1. The molecule has 2 rings (SSSR count). The average Bonchev–Trinajstić information content (AvgIpc) is 2.51. The lowest BCUT2D eigenvalue weighted by Crippen LogP contribution is -2.30. The molecule has 0 aliphatic rings. The van der Waals surface area contributed by atoms with Crippen molar-refractivity contribution in [1.29, 1.82) is 0 Å². The number of nitrogens with one attached hydrogen (secondary N) is 1. The number of nitro benzene ring substituents is 1. The Labute approximate surface area is 138 Å². The summed E-state index contributed by atoms with van der Waals surface area (Å²) < 4.78 is 5.53. The first-order valence-electron chi connectivity index (χ1n) is 6.85. The number of nitro groups is 1. The number of rotatable bonds is 5. The molecule has 0 spiro atoms. The third-order valence-corrected chi connectivity index (χ3v) is 3.50. The zero-order valence-corrected chi connectivity index (χ0v) is 13.3. The third kappa shape index (κ3) is 4.20. The number of aryl methyl sites for hydroxylation is 1. The van der Waals surface area contributed by atoms with Crippen molar-refractivity contribution in [2.45, 2.75) is 20.0 Å². The number of hydrogen-bond donors (Lipinski definition) is 1. The van der Waals surface area contributed by atoms with Crippen LogP contribution in [0.15, 0.2) is 42.5 Å². The summed E-state index contributed by atoms with van der Waals surface area (Å²) in [4.78, 5) is 22.4. The van der Waals surface area contributed by atoms with Gasteiger partial charge in [-0.2, -0.15) is 0 Å². The highest BCUT2D eigenvalue weighted by molar-refractivity contribution is 6.32. The lowest BCUT2D eigenvalue weighted by molar-refractivity contribution is -0.384. The van der Waals surface area contributed by atoms with Crippen molar-refractivity contribution < 1.29 is 14.5 Å². The van der Waals surface area contributed by atoms with Crippen LogP contribution in [0.4, 0.5) is 11.4 Å². The molecular formula is C16H15ClN2O4. The number of carbonyl (C=O) groups excluding carboxylic acids is 1. The molecule has 0 radical (unpaired) electrons. The smallest absolute Gasteiger partial charge is 0.269 e. The van der Waals surface area contributed by atoms with Crippen molar-refractivity contribution in [3.63, 3.8) is 0 Å². The molecule has 0 aliphatic heterocycles. The van der Waals surface area contributed by atoms with Crippen molar-refractivity contribution in [1.82, 2.24) is 0 Å². The summed E-state index contributed by atoms with van der Waals surface area (Å²) in [6.45, 7) is 3.28. The van der Waals surface area contributed by atoms with E-state index in [4.69, 9.17) is 16.3 Å². The standard InChI is InChI=1S/C16H15ClN2O4/c1-10-9-12(19(21)22)7-8-14(10)18-16(20)11(2)23-15-6-4-3-5-13(15)17/h3-9,11H,1-2H3,(H,18,20). The molecule has 1 N–H and O–H groups in total. The Morgan fingerprint density at radius 1 is 1.30 bits per heavy atom. The molecule has 6 nitrogen and oxygen atoms in total. The molecule has 1 amide bonds. The Hall–Kier alpha value is -2.60. The fourth-order valence-corrected chi connectivity index (χ4v) is 2.10. The van der Waals surface area contributed by atoms with Crippen LogP contribution in [-0.4, -0.2) is 16.9 Å². The Kier molecular flexibility index (Phi) is 5.18. The lowest BCUT2D eigenvalue weighted by Gasteiger charge is -2.16. The van der Waals surface area contributed by atoms with E-state index in [9.17, 15) is 14.9 Å². The molecule has 0 heterocycles. The molecule has 0 aromatic heterocycles. The van der Waals surface area contributed by atoms with Gasteiger partial charge in [0.25, 0.3) is 11.6 Å². The molecule has 23 heavy (non-hydrogen) atoms. The maximum atomic E-state index is 12.2. The number of hydrogen-bond acceptors (Lipinski definition) is 4. The maximum Gasteiger partial charge on any atom is 0.269 e. The first-order chi connectivity index (χ1) is 10.9. The first-order valence-corrected chi connectivity index (χ1v) is 7.23. The van der Waals surface area contributed by atoms with Crippen LogP contribution < -0.4 is 10.1 Å². The second-order valence-electron chi connectivity index (χ2n) is 4.94. The van der Waals surface area contributed by atoms with Gasteiger partial charge in [-0.1, -0.05) is 23.7 Å². The van der Waals surface area contributed by atoms with E-state index in [2.05, 4.69) is 5.32 Å². The van der Waals surface area contributed by atoms with E-state index in [0.717, 1.165) is 0 Å². The molecule has 120 valence electrons. The number of ether oxygens (including phenoxy) is 1. The predicted octanol–water partition coefficient (Wildman–Crippen LogP) is 3.96. The van der Waals surface area contributed by atoms with Crippen molar-refractivity contribution >= 4 is 28.9 Å². The van der Waals surface area contributed by atoms with Gasteiger partial charge in [0.05, 0.1) is 9.95 Å². The SMILES string of the molecule is Cc1cc([N+](=O)[O-])ccc1NC(=O)C(C)Oc1ccccc1Cl. The van der Waals surface area contributed by atoms with Gasteiger partial charge in [-0.25, -0.2) is 0 Å². The van der Waals surface area contributed by atoms with E-state index in [1.54, 1.807) is 38.1 Å². The predicted molar refractivity (Wildman–Crippen MR) is 88.0 cm³/mol. The van der Waals surface area contributed by atoms with Gasteiger partial charge in [0.1, 0.15) is 5.75 Å². The average molecular weight is 335 g/mol. The fourth-order valence-electron chi connectivity index (χ4n) is 1.92. The van der Waals surface area contributed by atoms with E-state index in [-0.39, 0.29) is 11.6 Å². The monoisotopic (exact) mass is 334 g/mol. The summed E-state index contributed by atoms with van der Waals surface area (Å²) in [5.41, 5.74) is 1.06. The Balaban J connectivity index is 2.07. The number of carbonyl (C=O) groups is 1. The normalized spacial score (nSPS) is 11.6. The van der Waals surface area contributed by atoms with E-state index < -0.39 is 11.0 Å². The molecule has 0 bridgehead atoms. The van der Waals surface area contributed by atoms with Crippen molar-refractivity contribution in [3.8, 4) is 5.75 Å². The molecule has 0 saturated heterocycles. The van der Waals surface area contributed by atoms with Crippen molar-refractivity contribution in [3.05, 3.63) is 63.2 Å². The van der Waals surface area contributed by atoms with E-state index in [1.165, 1.54) is 18.2 Å². The molecule has 2 aromatic carbocycles. The van der Waals surface area contributed by atoms with Crippen LogP contribution in [-0.2, 0) is 4.79 Å². The quantitative estimate of drug-likeness (QED) is 0.662. The van der Waals surface area contributed by atoms with Gasteiger partial charge in [0.15, 0.2) is 6.10 Å². The second kappa shape index (κ2) is 7.11. The van der Waals surface area contributed by atoms with Crippen LogP contribution in [0, 0.1) is 17.0 Å². The summed E-state index contributed by atoms with van der Waals surface area (Å²) in [6, 6.07) is 11.1. The number of amides is 1. The topological polar surface area (TPSA) is 81.5 Å². The molecule has 1 unspecified atom stereocenters. The van der Waals surface area contributed by atoms with Gasteiger partial charge in [-0.15, -0.1) is 0 Å². The Morgan fingerprint density at radius 2 is 2.00 bits per heavy atom.